The minimum absolute atomic E-state index is 0.550. The van der Waals surface area contributed by atoms with Crippen molar-refractivity contribution in [2.24, 2.45) is 0 Å². The molecule has 0 heterocycles. The molecule has 0 amide bonds. The van der Waals surface area contributed by atoms with Gasteiger partial charge in [-0.25, -0.2) is 0 Å². The molecule has 1 nitrogen and oxygen atoms in total. The van der Waals surface area contributed by atoms with Crippen LogP contribution in [0.2, 0.25) is 0 Å². The summed E-state index contributed by atoms with van der Waals surface area (Å²) in [5, 5.41) is 3.36. The van der Waals surface area contributed by atoms with Crippen molar-refractivity contribution in [1.29, 1.82) is 0 Å². The standard InChI is InChI=1S/C20H25N/c1-15-5-3-7-18(11-15)20(14-21-2)13-16-9-10-17-6-4-8-19(17)12-16/h3,5,7,9-12,20-21H,4,6,8,13-14H2,1-2H3. The van der Waals surface area contributed by atoms with E-state index in [-0.39, 0.29) is 0 Å². The maximum Gasteiger partial charge on any atom is 0.00203 e. The molecule has 21 heavy (non-hydrogen) atoms. The molecule has 0 aliphatic heterocycles. The van der Waals surface area contributed by atoms with Crippen molar-refractivity contribution >= 4 is 0 Å². The molecule has 1 aliphatic carbocycles. The Kier molecular flexibility index (Phi) is 4.40. The van der Waals surface area contributed by atoms with Crippen molar-refractivity contribution in [1.82, 2.24) is 5.32 Å². The van der Waals surface area contributed by atoms with Crippen molar-refractivity contribution in [2.45, 2.75) is 38.5 Å². The molecule has 0 saturated carbocycles. The minimum atomic E-state index is 0.550. The first-order valence-electron chi connectivity index (χ1n) is 8.08. The van der Waals surface area contributed by atoms with Crippen LogP contribution in [0.4, 0.5) is 0 Å². The zero-order valence-corrected chi connectivity index (χ0v) is 13.2. The number of rotatable bonds is 5. The lowest BCUT2D eigenvalue weighted by atomic mass is 9.90. The molecule has 0 spiro atoms. The monoisotopic (exact) mass is 279 g/mol. The SMILES string of the molecule is CNCC(Cc1ccc2c(c1)CCC2)c1cccc(C)c1. The van der Waals surface area contributed by atoms with E-state index in [0.29, 0.717) is 5.92 Å². The highest BCUT2D eigenvalue weighted by atomic mass is 14.8. The average molecular weight is 279 g/mol. The fraction of sp³-hybridized carbons (Fsp3) is 0.400. The van der Waals surface area contributed by atoms with Gasteiger partial charge in [0.1, 0.15) is 0 Å². The highest BCUT2D eigenvalue weighted by Crippen LogP contribution is 2.26. The number of aryl methyl sites for hydroxylation is 3. The van der Waals surface area contributed by atoms with E-state index < -0.39 is 0 Å². The summed E-state index contributed by atoms with van der Waals surface area (Å²) < 4.78 is 0. The minimum Gasteiger partial charge on any atom is -0.319 e. The highest BCUT2D eigenvalue weighted by Gasteiger charge is 2.15. The molecule has 1 unspecified atom stereocenters. The Bertz CT molecular complexity index is 615. The van der Waals surface area contributed by atoms with Crippen molar-refractivity contribution in [3.63, 3.8) is 0 Å². The summed E-state index contributed by atoms with van der Waals surface area (Å²) in [6.45, 7) is 3.20. The number of likely N-dealkylation sites (N-methyl/N-ethyl adjacent to an activating group) is 1. The largest absolute Gasteiger partial charge is 0.319 e. The van der Waals surface area contributed by atoms with Gasteiger partial charge in [0.05, 0.1) is 0 Å². The Morgan fingerprint density at radius 2 is 1.90 bits per heavy atom. The van der Waals surface area contributed by atoms with Crippen LogP contribution in [0.25, 0.3) is 0 Å². The Labute approximate surface area is 128 Å². The summed E-state index contributed by atoms with van der Waals surface area (Å²) in [6.07, 6.45) is 4.99. The first-order valence-corrected chi connectivity index (χ1v) is 8.08. The number of hydrogen-bond donors (Lipinski definition) is 1. The lowest BCUT2D eigenvalue weighted by Gasteiger charge is -2.18. The molecule has 1 aliphatic rings. The zero-order chi connectivity index (χ0) is 14.7. The van der Waals surface area contributed by atoms with Crippen LogP contribution >= 0.6 is 0 Å². The molecule has 110 valence electrons. The Hall–Kier alpha value is -1.60. The van der Waals surface area contributed by atoms with E-state index in [1.807, 2.05) is 7.05 Å². The van der Waals surface area contributed by atoms with Gasteiger partial charge in [-0.1, -0.05) is 48.0 Å². The van der Waals surface area contributed by atoms with E-state index in [4.69, 9.17) is 0 Å². The van der Waals surface area contributed by atoms with Gasteiger partial charge < -0.3 is 5.32 Å². The Morgan fingerprint density at radius 3 is 2.71 bits per heavy atom. The molecule has 0 fully saturated rings. The molecule has 0 aromatic heterocycles. The molecule has 3 rings (SSSR count). The van der Waals surface area contributed by atoms with Crippen LogP contribution in [0.1, 0.15) is 40.2 Å². The molecular weight excluding hydrogens is 254 g/mol. The zero-order valence-electron chi connectivity index (χ0n) is 13.2. The molecule has 2 aromatic carbocycles. The molecule has 0 bridgehead atoms. The first-order chi connectivity index (χ1) is 10.3. The fourth-order valence-electron chi connectivity index (χ4n) is 3.51. The number of hydrogen-bond acceptors (Lipinski definition) is 1. The highest BCUT2D eigenvalue weighted by molar-refractivity contribution is 5.36. The Morgan fingerprint density at radius 1 is 1.05 bits per heavy atom. The lowest BCUT2D eigenvalue weighted by Crippen LogP contribution is -2.19. The number of fused-ring (bicyclic) bond motifs is 1. The first kappa shape index (κ1) is 14.3. The van der Waals surface area contributed by atoms with Gasteiger partial charge in [0, 0.05) is 12.5 Å². The summed E-state index contributed by atoms with van der Waals surface area (Å²) in [4.78, 5) is 0. The van der Waals surface area contributed by atoms with Crippen molar-refractivity contribution in [3.8, 4) is 0 Å². The third-order valence-electron chi connectivity index (χ3n) is 4.61. The number of nitrogens with one attached hydrogen (secondary N) is 1. The van der Waals surface area contributed by atoms with Gasteiger partial charge in [-0.2, -0.15) is 0 Å². The molecular formula is C20H25N. The van der Waals surface area contributed by atoms with Gasteiger partial charge in [0.2, 0.25) is 0 Å². The van der Waals surface area contributed by atoms with Crippen LogP contribution in [0.15, 0.2) is 42.5 Å². The second kappa shape index (κ2) is 6.44. The molecule has 2 aromatic rings. The Balaban J connectivity index is 1.82. The molecule has 1 N–H and O–H groups in total. The van der Waals surface area contributed by atoms with E-state index in [1.165, 1.54) is 36.0 Å². The van der Waals surface area contributed by atoms with Gasteiger partial charge in [-0.05, 0) is 61.9 Å². The maximum atomic E-state index is 3.36. The van der Waals surface area contributed by atoms with Crippen LogP contribution in [-0.4, -0.2) is 13.6 Å². The van der Waals surface area contributed by atoms with Crippen molar-refractivity contribution < 1.29 is 0 Å². The topological polar surface area (TPSA) is 12.0 Å². The van der Waals surface area contributed by atoms with Crippen molar-refractivity contribution in [3.05, 3.63) is 70.3 Å². The van der Waals surface area contributed by atoms with Crippen LogP contribution in [0.5, 0.6) is 0 Å². The van der Waals surface area contributed by atoms with Gasteiger partial charge in [0.25, 0.3) is 0 Å². The maximum absolute atomic E-state index is 3.36. The van der Waals surface area contributed by atoms with E-state index >= 15 is 0 Å². The number of benzene rings is 2. The predicted octanol–water partition coefficient (Wildman–Crippen LogP) is 4.03. The van der Waals surface area contributed by atoms with E-state index in [0.717, 1.165) is 13.0 Å². The quantitative estimate of drug-likeness (QED) is 0.871. The summed E-state index contributed by atoms with van der Waals surface area (Å²) in [6, 6.07) is 16.1. The van der Waals surface area contributed by atoms with E-state index in [9.17, 15) is 0 Å². The molecule has 0 radical (unpaired) electrons. The van der Waals surface area contributed by atoms with Crippen molar-refractivity contribution in [2.75, 3.05) is 13.6 Å². The molecule has 0 saturated heterocycles. The van der Waals surface area contributed by atoms with Crippen LogP contribution in [-0.2, 0) is 19.3 Å². The van der Waals surface area contributed by atoms with Gasteiger partial charge in [-0.15, -0.1) is 0 Å². The van der Waals surface area contributed by atoms with Gasteiger partial charge in [-0.3, -0.25) is 0 Å². The third kappa shape index (κ3) is 3.36. The third-order valence-corrected chi connectivity index (χ3v) is 4.61. The normalized spacial score (nSPS) is 15.0. The van der Waals surface area contributed by atoms with Gasteiger partial charge in [0.15, 0.2) is 0 Å². The van der Waals surface area contributed by atoms with Crippen LogP contribution in [0, 0.1) is 6.92 Å². The van der Waals surface area contributed by atoms with Crippen LogP contribution in [0.3, 0.4) is 0 Å². The second-order valence-corrected chi connectivity index (χ2v) is 6.33. The molecule has 1 heteroatoms. The predicted molar refractivity (Wildman–Crippen MR) is 90.0 cm³/mol. The average Bonchev–Trinajstić information content (AvgIpc) is 2.94. The van der Waals surface area contributed by atoms with E-state index in [2.05, 4.69) is 54.7 Å². The molecule has 1 atom stereocenters. The fourth-order valence-corrected chi connectivity index (χ4v) is 3.51. The lowest BCUT2D eigenvalue weighted by molar-refractivity contribution is 0.625. The van der Waals surface area contributed by atoms with E-state index in [1.54, 1.807) is 11.1 Å². The smallest absolute Gasteiger partial charge is 0.00203 e. The van der Waals surface area contributed by atoms with Gasteiger partial charge >= 0.3 is 0 Å². The summed E-state index contributed by atoms with van der Waals surface area (Å²) in [5.74, 6) is 0.550. The second-order valence-electron chi connectivity index (χ2n) is 6.33. The summed E-state index contributed by atoms with van der Waals surface area (Å²) in [7, 11) is 2.05. The summed E-state index contributed by atoms with van der Waals surface area (Å²) in [5.41, 5.74) is 7.43. The summed E-state index contributed by atoms with van der Waals surface area (Å²) >= 11 is 0. The van der Waals surface area contributed by atoms with Crippen LogP contribution < -0.4 is 5.32 Å².